The van der Waals surface area contributed by atoms with Crippen molar-refractivity contribution < 1.29 is 14.2 Å². The Hall–Kier alpha value is -2.50. The van der Waals surface area contributed by atoms with Crippen molar-refractivity contribution in [3.05, 3.63) is 36.0 Å². The number of fused-ring (bicyclic) bond motifs is 1. The van der Waals surface area contributed by atoms with E-state index >= 15 is 0 Å². The van der Waals surface area contributed by atoms with E-state index in [0.29, 0.717) is 31.6 Å². The zero-order chi connectivity index (χ0) is 14.5. The molecule has 1 aromatic carbocycles. The Morgan fingerprint density at radius 3 is 3.05 bits per heavy atom. The lowest BCUT2D eigenvalue weighted by molar-refractivity contribution is 0.296. The maximum atomic E-state index is 5.78. The van der Waals surface area contributed by atoms with Gasteiger partial charge >= 0.3 is 0 Å². The highest BCUT2D eigenvalue weighted by Gasteiger charge is 2.14. The predicted molar refractivity (Wildman–Crippen MR) is 78.0 cm³/mol. The van der Waals surface area contributed by atoms with Crippen LogP contribution in [0.5, 0.6) is 17.4 Å². The average Bonchev–Trinajstić information content (AvgIpc) is 2.79. The van der Waals surface area contributed by atoms with E-state index in [1.807, 2.05) is 18.2 Å². The Morgan fingerprint density at radius 1 is 1.24 bits per heavy atom. The van der Waals surface area contributed by atoms with Gasteiger partial charge in [0.15, 0.2) is 11.5 Å². The van der Waals surface area contributed by atoms with Gasteiger partial charge in [-0.05, 0) is 6.07 Å². The summed E-state index contributed by atoms with van der Waals surface area (Å²) in [5.74, 6) is 2.63. The second kappa shape index (κ2) is 6.30. The Balaban J connectivity index is 1.76. The topological polar surface area (TPSA) is 65.5 Å². The van der Waals surface area contributed by atoms with Crippen LogP contribution in [0.2, 0.25) is 0 Å². The summed E-state index contributed by atoms with van der Waals surface area (Å²) in [6.45, 7) is 1.91. The molecule has 21 heavy (non-hydrogen) atoms. The van der Waals surface area contributed by atoms with Crippen LogP contribution in [0.15, 0.2) is 30.5 Å². The van der Waals surface area contributed by atoms with E-state index in [2.05, 4.69) is 15.3 Å². The van der Waals surface area contributed by atoms with Crippen LogP contribution in [0.25, 0.3) is 0 Å². The number of aromatic nitrogens is 2. The first-order valence-corrected chi connectivity index (χ1v) is 6.85. The molecule has 1 aliphatic rings. The van der Waals surface area contributed by atoms with Gasteiger partial charge in [-0.2, -0.15) is 4.98 Å². The minimum Gasteiger partial charge on any atom is -0.490 e. The van der Waals surface area contributed by atoms with E-state index in [0.717, 1.165) is 23.5 Å². The lowest BCUT2D eigenvalue weighted by atomic mass is 10.2. The standard InChI is InChI=1S/C15H17N3O3/c1-19-13-6-7-16-15(18-13)17-10-11-4-2-5-12-14(11)21-9-3-8-20-12/h2,4-7H,3,8-10H2,1H3,(H,16,17,18). The van der Waals surface area contributed by atoms with Gasteiger partial charge in [0.2, 0.25) is 11.8 Å². The smallest absolute Gasteiger partial charge is 0.226 e. The van der Waals surface area contributed by atoms with Gasteiger partial charge in [-0.15, -0.1) is 0 Å². The lowest BCUT2D eigenvalue weighted by Crippen LogP contribution is -2.06. The van der Waals surface area contributed by atoms with E-state index in [1.54, 1.807) is 19.4 Å². The van der Waals surface area contributed by atoms with Gasteiger partial charge in [0.1, 0.15) is 0 Å². The first kappa shape index (κ1) is 13.5. The number of methoxy groups -OCH3 is 1. The number of hydrogen-bond acceptors (Lipinski definition) is 6. The number of benzene rings is 1. The maximum absolute atomic E-state index is 5.78. The van der Waals surface area contributed by atoms with Crippen molar-refractivity contribution >= 4 is 5.95 Å². The molecule has 0 saturated heterocycles. The molecule has 0 aliphatic carbocycles. The van der Waals surface area contributed by atoms with Crippen LogP contribution < -0.4 is 19.5 Å². The van der Waals surface area contributed by atoms with Crippen molar-refractivity contribution in [2.24, 2.45) is 0 Å². The van der Waals surface area contributed by atoms with Crippen LogP contribution >= 0.6 is 0 Å². The third kappa shape index (κ3) is 3.16. The number of anilines is 1. The Bertz CT molecular complexity index is 619. The molecule has 110 valence electrons. The van der Waals surface area contributed by atoms with Gasteiger partial charge in [-0.1, -0.05) is 12.1 Å². The molecule has 0 unspecified atom stereocenters. The SMILES string of the molecule is COc1ccnc(NCc2cccc3c2OCCCO3)n1. The fourth-order valence-corrected chi connectivity index (χ4v) is 2.11. The molecule has 0 saturated carbocycles. The van der Waals surface area contributed by atoms with Crippen molar-refractivity contribution in [3.8, 4) is 17.4 Å². The van der Waals surface area contributed by atoms with Crippen molar-refractivity contribution in [1.29, 1.82) is 0 Å². The summed E-state index contributed by atoms with van der Waals surface area (Å²) in [5.41, 5.74) is 1.01. The van der Waals surface area contributed by atoms with Crippen molar-refractivity contribution in [2.75, 3.05) is 25.6 Å². The van der Waals surface area contributed by atoms with Gasteiger partial charge in [-0.25, -0.2) is 4.98 Å². The Kier molecular flexibility index (Phi) is 4.04. The van der Waals surface area contributed by atoms with Crippen molar-refractivity contribution in [1.82, 2.24) is 9.97 Å². The molecule has 1 N–H and O–H groups in total. The zero-order valence-corrected chi connectivity index (χ0v) is 11.8. The van der Waals surface area contributed by atoms with Gasteiger partial charge in [-0.3, -0.25) is 0 Å². The fourth-order valence-electron chi connectivity index (χ4n) is 2.11. The zero-order valence-electron chi connectivity index (χ0n) is 11.8. The van der Waals surface area contributed by atoms with Gasteiger partial charge in [0.25, 0.3) is 0 Å². The maximum Gasteiger partial charge on any atom is 0.226 e. The van der Waals surface area contributed by atoms with E-state index in [-0.39, 0.29) is 0 Å². The largest absolute Gasteiger partial charge is 0.490 e. The van der Waals surface area contributed by atoms with Crippen LogP contribution in [0.1, 0.15) is 12.0 Å². The van der Waals surface area contributed by atoms with Crippen LogP contribution in [-0.4, -0.2) is 30.3 Å². The van der Waals surface area contributed by atoms with Crippen molar-refractivity contribution in [3.63, 3.8) is 0 Å². The number of nitrogens with one attached hydrogen (secondary N) is 1. The van der Waals surface area contributed by atoms with Crippen molar-refractivity contribution in [2.45, 2.75) is 13.0 Å². The van der Waals surface area contributed by atoms with Crippen LogP contribution in [0.4, 0.5) is 5.95 Å². The van der Waals surface area contributed by atoms with Gasteiger partial charge in [0.05, 0.1) is 20.3 Å². The highest BCUT2D eigenvalue weighted by atomic mass is 16.5. The number of rotatable bonds is 4. The Morgan fingerprint density at radius 2 is 2.14 bits per heavy atom. The molecular weight excluding hydrogens is 270 g/mol. The van der Waals surface area contributed by atoms with Crippen LogP contribution in [-0.2, 0) is 6.54 Å². The summed E-state index contributed by atoms with van der Waals surface area (Å²) in [5, 5.41) is 3.17. The third-order valence-electron chi connectivity index (χ3n) is 3.13. The summed E-state index contributed by atoms with van der Waals surface area (Å²) in [7, 11) is 1.58. The molecule has 1 aliphatic heterocycles. The molecule has 2 aromatic rings. The minimum absolute atomic E-state index is 0.515. The van der Waals surface area contributed by atoms with E-state index in [1.165, 1.54) is 0 Å². The Labute approximate surface area is 123 Å². The molecular formula is C15H17N3O3. The summed E-state index contributed by atoms with van der Waals surface area (Å²) in [6, 6.07) is 7.58. The number of nitrogens with zero attached hydrogens (tertiary/aromatic N) is 2. The quantitative estimate of drug-likeness (QED) is 0.930. The third-order valence-corrected chi connectivity index (χ3v) is 3.13. The highest BCUT2D eigenvalue weighted by Crippen LogP contribution is 2.33. The molecule has 1 aromatic heterocycles. The molecule has 0 spiro atoms. The fraction of sp³-hybridized carbons (Fsp3) is 0.333. The van der Waals surface area contributed by atoms with Crippen LogP contribution in [0, 0.1) is 0 Å². The molecule has 0 atom stereocenters. The number of para-hydroxylation sites is 1. The molecule has 3 rings (SSSR count). The normalized spacial score (nSPS) is 13.4. The molecule has 6 nitrogen and oxygen atoms in total. The average molecular weight is 287 g/mol. The van der Waals surface area contributed by atoms with E-state index < -0.39 is 0 Å². The molecule has 0 radical (unpaired) electrons. The summed E-state index contributed by atoms with van der Waals surface area (Å²) < 4.78 is 16.5. The highest BCUT2D eigenvalue weighted by molar-refractivity contribution is 5.48. The van der Waals surface area contributed by atoms with E-state index in [9.17, 15) is 0 Å². The summed E-state index contributed by atoms with van der Waals surface area (Å²) in [6.07, 6.45) is 2.54. The van der Waals surface area contributed by atoms with Crippen LogP contribution in [0.3, 0.4) is 0 Å². The second-order valence-electron chi connectivity index (χ2n) is 4.57. The molecule has 0 fully saturated rings. The summed E-state index contributed by atoms with van der Waals surface area (Å²) >= 11 is 0. The molecule has 0 bridgehead atoms. The monoisotopic (exact) mass is 287 g/mol. The number of hydrogen-bond donors (Lipinski definition) is 1. The second-order valence-corrected chi connectivity index (χ2v) is 4.57. The van der Waals surface area contributed by atoms with E-state index in [4.69, 9.17) is 14.2 Å². The minimum atomic E-state index is 0.515. The predicted octanol–water partition coefficient (Wildman–Crippen LogP) is 2.26. The number of ether oxygens (including phenoxy) is 3. The molecule has 0 amide bonds. The van der Waals surface area contributed by atoms with Gasteiger partial charge in [0, 0.05) is 30.8 Å². The first-order chi connectivity index (χ1) is 10.4. The first-order valence-electron chi connectivity index (χ1n) is 6.85. The lowest BCUT2D eigenvalue weighted by Gasteiger charge is -2.13. The summed E-state index contributed by atoms with van der Waals surface area (Å²) in [4.78, 5) is 8.38. The molecule has 2 heterocycles. The molecule has 6 heteroatoms. The van der Waals surface area contributed by atoms with Gasteiger partial charge < -0.3 is 19.5 Å².